The molecule has 0 spiro atoms. The van der Waals surface area contributed by atoms with Crippen molar-refractivity contribution in [3.8, 4) is 0 Å². The van der Waals surface area contributed by atoms with Gasteiger partial charge >= 0.3 is 11.9 Å². The topological polar surface area (TPSA) is 69.7 Å². The highest BCUT2D eigenvalue weighted by molar-refractivity contribution is 5.86. The molecule has 0 aromatic rings. The number of hydrogen-bond donors (Lipinski definition) is 0. The van der Waals surface area contributed by atoms with Gasteiger partial charge in [-0.15, -0.1) is 0 Å². The molecule has 0 N–H and O–H groups in total. The molecule has 214 valence electrons. The number of ether oxygens (including phenoxy) is 2. The van der Waals surface area contributed by atoms with Crippen LogP contribution in [0.5, 0.6) is 0 Å². The van der Waals surface area contributed by atoms with E-state index in [2.05, 4.69) is 48.5 Å². The van der Waals surface area contributed by atoms with E-state index in [0.717, 1.165) is 57.8 Å². The zero-order chi connectivity index (χ0) is 28.1. The highest BCUT2D eigenvalue weighted by Gasteiger charge is 2.73. The molecule has 5 fully saturated rings. The third kappa shape index (κ3) is 3.57. The van der Waals surface area contributed by atoms with Crippen LogP contribution in [0.15, 0.2) is 0 Å². The van der Waals surface area contributed by atoms with Gasteiger partial charge in [-0.25, -0.2) is 0 Å². The van der Waals surface area contributed by atoms with Crippen molar-refractivity contribution in [1.29, 1.82) is 0 Å². The van der Waals surface area contributed by atoms with Crippen molar-refractivity contribution in [2.75, 3.05) is 7.11 Å². The first kappa shape index (κ1) is 28.1. The molecule has 5 aliphatic rings. The summed E-state index contributed by atoms with van der Waals surface area (Å²) in [5.41, 5.74) is -0.585. The fraction of sp³-hybridized carbons (Fsp3) is 0.909. The van der Waals surface area contributed by atoms with Crippen LogP contribution in [0.25, 0.3) is 0 Å². The second kappa shape index (κ2) is 8.56. The van der Waals surface area contributed by atoms with Gasteiger partial charge in [-0.2, -0.15) is 0 Å². The molecule has 0 aromatic heterocycles. The van der Waals surface area contributed by atoms with Crippen LogP contribution >= 0.6 is 0 Å². The minimum atomic E-state index is -0.515. The number of esters is 2. The van der Waals surface area contributed by atoms with Gasteiger partial charge in [-0.1, -0.05) is 48.5 Å². The van der Waals surface area contributed by atoms with E-state index < -0.39 is 5.41 Å². The molecule has 0 heterocycles. The second-order valence-corrected chi connectivity index (χ2v) is 16.2. The lowest BCUT2D eigenvalue weighted by Gasteiger charge is -2.72. The fourth-order valence-corrected chi connectivity index (χ4v) is 11.7. The van der Waals surface area contributed by atoms with Gasteiger partial charge in [0, 0.05) is 24.7 Å². The maximum atomic E-state index is 14.5. The Morgan fingerprint density at radius 3 is 2.11 bits per heavy atom. The number of Topliss-reactive ketones (excluding diaryl/α,β-unsaturated/α-hetero) is 1. The first-order chi connectivity index (χ1) is 17.5. The number of methoxy groups -OCH3 is 1. The lowest BCUT2D eigenvalue weighted by molar-refractivity contribution is -0.248. The number of rotatable bonds is 2. The van der Waals surface area contributed by atoms with Gasteiger partial charge in [0.05, 0.1) is 12.5 Å². The minimum absolute atomic E-state index is 0.0273. The Hall–Kier alpha value is -1.39. The average molecular weight is 529 g/mol. The first-order valence-corrected chi connectivity index (χ1v) is 15.3. The summed E-state index contributed by atoms with van der Waals surface area (Å²) in [6.07, 6.45) is 9.13. The van der Waals surface area contributed by atoms with Crippen molar-refractivity contribution in [3.63, 3.8) is 0 Å². The van der Waals surface area contributed by atoms with E-state index in [1.54, 1.807) is 0 Å². The fourth-order valence-electron chi connectivity index (χ4n) is 11.7. The second-order valence-electron chi connectivity index (χ2n) is 16.2. The number of carbonyl (C=O) groups excluding carboxylic acids is 3. The molecule has 0 unspecified atom stereocenters. The zero-order valence-electron chi connectivity index (χ0n) is 25.5. The average Bonchev–Trinajstić information content (AvgIpc) is 2.81. The molecule has 0 aromatic carbocycles. The van der Waals surface area contributed by atoms with Crippen LogP contribution in [0, 0.1) is 56.2 Å². The van der Waals surface area contributed by atoms with Crippen LogP contribution in [-0.4, -0.2) is 30.9 Å². The van der Waals surface area contributed by atoms with Crippen LogP contribution in [0.4, 0.5) is 0 Å². The van der Waals surface area contributed by atoms with Crippen LogP contribution < -0.4 is 0 Å². The molecule has 0 saturated heterocycles. The van der Waals surface area contributed by atoms with Crippen molar-refractivity contribution in [1.82, 2.24) is 0 Å². The van der Waals surface area contributed by atoms with E-state index in [1.807, 2.05) is 0 Å². The van der Waals surface area contributed by atoms with Crippen molar-refractivity contribution in [2.45, 2.75) is 126 Å². The molecular formula is C33H52O5. The third-order valence-electron chi connectivity index (χ3n) is 13.9. The van der Waals surface area contributed by atoms with E-state index in [0.29, 0.717) is 24.0 Å². The van der Waals surface area contributed by atoms with E-state index >= 15 is 0 Å². The molecule has 9 atom stereocenters. The maximum absolute atomic E-state index is 14.5. The number of hydrogen-bond acceptors (Lipinski definition) is 5. The minimum Gasteiger partial charge on any atom is -0.469 e. The Labute approximate surface area is 230 Å². The standard InChI is InChI=1S/C33H52O5/c1-20(34)38-25-11-12-30(6)23(29(25,4)5)10-13-31(7)24(30)18-22(35)26-21-19-28(2,3)14-16-33(21,27(36)37-9)17-15-32(26,31)8/h21,23-26H,10-19H2,1-9H3/t21-,23-,24+,25-,26-,30-,31+,32+,33-/m0/s1. The molecule has 5 rings (SSSR count). The Morgan fingerprint density at radius 2 is 1.47 bits per heavy atom. The van der Waals surface area contributed by atoms with E-state index in [-0.39, 0.29) is 57.0 Å². The Kier molecular flexibility index (Phi) is 6.34. The van der Waals surface area contributed by atoms with Gasteiger partial charge in [-0.05, 0) is 97.2 Å². The summed E-state index contributed by atoms with van der Waals surface area (Å²) in [5, 5.41) is 0. The summed E-state index contributed by atoms with van der Waals surface area (Å²) in [5.74, 6) is 0.815. The highest BCUT2D eigenvalue weighted by atomic mass is 16.5. The number of ketones is 1. The SMILES string of the molecule is COC(=O)[C@]12CCC(C)(C)C[C@H]1[C@H]1C(=O)C[C@@H]3[C@@]4(C)CC[C@H](OC(C)=O)C(C)(C)[C@@H]4CC[C@@]3(C)[C@]1(C)CC2. The van der Waals surface area contributed by atoms with Gasteiger partial charge in [0.1, 0.15) is 11.9 Å². The Morgan fingerprint density at radius 1 is 0.816 bits per heavy atom. The van der Waals surface area contributed by atoms with Crippen LogP contribution in [0.1, 0.15) is 120 Å². The molecule has 5 aliphatic carbocycles. The molecule has 5 saturated carbocycles. The summed E-state index contributed by atoms with van der Waals surface area (Å²) in [7, 11) is 1.53. The first-order valence-electron chi connectivity index (χ1n) is 15.3. The van der Waals surface area contributed by atoms with Crippen LogP contribution in [0.2, 0.25) is 0 Å². The molecule has 5 heteroatoms. The molecule has 0 aliphatic heterocycles. The molecule has 0 amide bonds. The maximum Gasteiger partial charge on any atom is 0.312 e. The van der Waals surface area contributed by atoms with Gasteiger partial charge in [-0.3, -0.25) is 14.4 Å². The van der Waals surface area contributed by atoms with Gasteiger partial charge in [0.25, 0.3) is 0 Å². The molecule has 5 nitrogen and oxygen atoms in total. The van der Waals surface area contributed by atoms with Crippen molar-refractivity contribution < 1.29 is 23.9 Å². The van der Waals surface area contributed by atoms with E-state index in [1.165, 1.54) is 14.0 Å². The quantitative estimate of drug-likeness (QED) is 0.356. The summed E-state index contributed by atoms with van der Waals surface area (Å²) >= 11 is 0. The Balaban J connectivity index is 1.55. The predicted molar refractivity (Wildman–Crippen MR) is 147 cm³/mol. The van der Waals surface area contributed by atoms with Gasteiger partial charge in [0.15, 0.2) is 0 Å². The monoisotopic (exact) mass is 528 g/mol. The number of carbonyl (C=O) groups is 3. The normalized spacial score (nSPS) is 49.0. The molecule has 0 radical (unpaired) electrons. The smallest absolute Gasteiger partial charge is 0.312 e. The lowest BCUT2D eigenvalue weighted by atomic mass is 9.31. The highest BCUT2D eigenvalue weighted by Crippen LogP contribution is 2.76. The summed E-state index contributed by atoms with van der Waals surface area (Å²) < 4.78 is 11.3. The van der Waals surface area contributed by atoms with Gasteiger partial charge in [0.2, 0.25) is 0 Å². The van der Waals surface area contributed by atoms with E-state index in [4.69, 9.17) is 9.47 Å². The molecule has 38 heavy (non-hydrogen) atoms. The zero-order valence-corrected chi connectivity index (χ0v) is 25.5. The van der Waals surface area contributed by atoms with Crippen molar-refractivity contribution in [3.05, 3.63) is 0 Å². The largest absolute Gasteiger partial charge is 0.469 e. The summed E-state index contributed by atoms with van der Waals surface area (Å²) in [6, 6.07) is 0. The van der Waals surface area contributed by atoms with Crippen molar-refractivity contribution >= 4 is 17.7 Å². The molecule has 0 bridgehead atoms. The summed E-state index contributed by atoms with van der Waals surface area (Å²) in [4.78, 5) is 39.9. The molecular weight excluding hydrogens is 476 g/mol. The lowest BCUT2D eigenvalue weighted by Crippen LogP contribution is -2.70. The van der Waals surface area contributed by atoms with Crippen LogP contribution in [-0.2, 0) is 23.9 Å². The van der Waals surface area contributed by atoms with Crippen LogP contribution in [0.3, 0.4) is 0 Å². The summed E-state index contributed by atoms with van der Waals surface area (Å²) in [6.45, 7) is 18.1. The predicted octanol–water partition coefficient (Wildman–Crippen LogP) is 7.15. The number of fused-ring (bicyclic) bond motifs is 7. The Bertz CT molecular complexity index is 1030. The third-order valence-corrected chi connectivity index (χ3v) is 13.9. The van der Waals surface area contributed by atoms with E-state index in [9.17, 15) is 14.4 Å². The van der Waals surface area contributed by atoms with Gasteiger partial charge < -0.3 is 9.47 Å². The van der Waals surface area contributed by atoms with Crippen molar-refractivity contribution in [2.24, 2.45) is 56.2 Å².